The first-order valence-electron chi connectivity index (χ1n) is 10.9. The molecule has 166 valence electrons. The number of carbonyl (C=O) groups excluding carboxylic acids is 1. The molecular formula is C24H35O5P. The predicted molar refractivity (Wildman–Crippen MR) is 122 cm³/mol. The number of benzene rings is 1. The van der Waals surface area contributed by atoms with Crippen LogP contribution in [-0.2, 0) is 9.36 Å². The van der Waals surface area contributed by atoms with Crippen molar-refractivity contribution in [3.63, 3.8) is 0 Å². The Labute approximate surface area is 180 Å². The SMILES string of the molecule is CCP(=O)(O)CCC/C=C\C[C@H]1C(=O)C[C@@H](O)[C@@H]1CC[C@@H](O)/C=C\c1ccccc1. The predicted octanol–water partition coefficient (Wildman–Crippen LogP) is 4.42. The Morgan fingerprint density at radius 3 is 2.67 bits per heavy atom. The third-order valence-corrected chi connectivity index (χ3v) is 7.87. The highest BCUT2D eigenvalue weighted by Crippen LogP contribution is 2.40. The molecule has 0 spiro atoms. The van der Waals surface area contributed by atoms with Crippen molar-refractivity contribution >= 4 is 19.2 Å². The highest BCUT2D eigenvalue weighted by molar-refractivity contribution is 7.57. The summed E-state index contributed by atoms with van der Waals surface area (Å²) in [6, 6.07) is 9.75. The molecule has 1 aliphatic carbocycles. The van der Waals surface area contributed by atoms with Crippen LogP contribution in [0.3, 0.4) is 0 Å². The molecule has 0 amide bonds. The summed E-state index contributed by atoms with van der Waals surface area (Å²) in [5.74, 6) is -0.280. The fraction of sp³-hybridized carbons (Fsp3) is 0.542. The summed E-state index contributed by atoms with van der Waals surface area (Å²) in [7, 11) is -2.97. The van der Waals surface area contributed by atoms with E-state index in [9.17, 15) is 24.5 Å². The molecule has 6 heteroatoms. The molecule has 30 heavy (non-hydrogen) atoms. The van der Waals surface area contributed by atoms with Gasteiger partial charge in [0.2, 0.25) is 0 Å². The molecule has 1 aliphatic rings. The summed E-state index contributed by atoms with van der Waals surface area (Å²) in [5, 5.41) is 20.6. The molecule has 1 unspecified atom stereocenters. The summed E-state index contributed by atoms with van der Waals surface area (Å²) >= 11 is 0. The van der Waals surface area contributed by atoms with Gasteiger partial charge in [0.15, 0.2) is 7.37 Å². The first kappa shape index (κ1) is 24.7. The maximum atomic E-state index is 12.3. The Morgan fingerprint density at radius 1 is 1.23 bits per heavy atom. The van der Waals surface area contributed by atoms with Gasteiger partial charge in [0, 0.05) is 24.7 Å². The number of carbonyl (C=O) groups is 1. The molecule has 1 aromatic carbocycles. The quantitative estimate of drug-likeness (QED) is 0.257. The molecule has 5 nitrogen and oxygen atoms in total. The van der Waals surface area contributed by atoms with E-state index in [4.69, 9.17) is 0 Å². The second kappa shape index (κ2) is 12.4. The molecule has 0 saturated heterocycles. The minimum absolute atomic E-state index is 0.0808. The fourth-order valence-electron chi connectivity index (χ4n) is 3.94. The maximum absolute atomic E-state index is 12.3. The number of unbranched alkanes of at least 4 members (excludes halogenated alkanes) is 1. The zero-order valence-corrected chi connectivity index (χ0v) is 18.7. The number of rotatable bonds is 12. The molecule has 0 bridgehead atoms. The van der Waals surface area contributed by atoms with E-state index in [1.807, 2.05) is 48.6 Å². The van der Waals surface area contributed by atoms with Crippen molar-refractivity contribution < 1.29 is 24.5 Å². The van der Waals surface area contributed by atoms with Gasteiger partial charge < -0.3 is 15.1 Å². The van der Waals surface area contributed by atoms with E-state index < -0.39 is 19.6 Å². The van der Waals surface area contributed by atoms with E-state index in [-0.39, 0.29) is 24.0 Å². The van der Waals surface area contributed by atoms with Gasteiger partial charge in [-0.05, 0) is 43.6 Å². The lowest BCUT2D eigenvalue weighted by Gasteiger charge is -2.20. The number of hydrogen-bond acceptors (Lipinski definition) is 4. The van der Waals surface area contributed by atoms with Gasteiger partial charge >= 0.3 is 0 Å². The topological polar surface area (TPSA) is 94.8 Å². The second-order valence-electron chi connectivity index (χ2n) is 8.16. The van der Waals surface area contributed by atoms with E-state index >= 15 is 0 Å². The van der Waals surface area contributed by atoms with Gasteiger partial charge in [0.05, 0.1) is 12.2 Å². The summed E-state index contributed by atoms with van der Waals surface area (Å²) in [6.45, 7) is 1.72. The zero-order chi connectivity index (χ0) is 22.0. The molecule has 2 rings (SSSR count). The highest BCUT2D eigenvalue weighted by Gasteiger charge is 2.40. The van der Waals surface area contributed by atoms with Crippen molar-refractivity contribution in [1.82, 2.24) is 0 Å². The number of aliphatic hydroxyl groups excluding tert-OH is 2. The van der Waals surface area contributed by atoms with Gasteiger partial charge in [-0.15, -0.1) is 0 Å². The lowest BCUT2D eigenvalue weighted by atomic mass is 9.86. The normalized spacial score (nSPS) is 25.2. The van der Waals surface area contributed by atoms with Crippen molar-refractivity contribution in [3.8, 4) is 0 Å². The average Bonchev–Trinajstić information content (AvgIpc) is 3.00. The van der Waals surface area contributed by atoms with Gasteiger partial charge in [0.1, 0.15) is 5.78 Å². The average molecular weight is 435 g/mol. The smallest absolute Gasteiger partial charge is 0.200 e. The minimum Gasteiger partial charge on any atom is -0.392 e. The Morgan fingerprint density at radius 2 is 1.97 bits per heavy atom. The van der Waals surface area contributed by atoms with Gasteiger partial charge in [-0.1, -0.05) is 61.6 Å². The van der Waals surface area contributed by atoms with E-state index in [2.05, 4.69) is 0 Å². The minimum atomic E-state index is -2.97. The molecule has 3 N–H and O–H groups in total. The molecule has 1 aromatic rings. The third-order valence-electron chi connectivity index (χ3n) is 5.87. The molecule has 0 aliphatic heterocycles. The van der Waals surface area contributed by atoms with Crippen molar-refractivity contribution in [2.45, 2.75) is 57.7 Å². The van der Waals surface area contributed by atoms with E-state index in [0.717, 1.165) is 5.56 Å². The van der Waals surface area contributed by atoms with Gasteiger partial charge in [0.25, 0.3) is 0 Å². The van der Waals surface area contributed by atoms with Crippen LogP contribution in [0.1, 0.15) is 51.0 Å². The number of ketones is 1. The zero-order valence-electron chi connectivity index (χ0n) is 17.8. The fourth-order valence-corrected chi connectivity index (χ4v) is 4.93. The summed E-state index contributed by atoms with van der Waals surface area (Å²) in [6.07, 6.45) is 10.1. The first-order chi connectivity index (χ1) is 14.3. The molecular weight excluding hydrogens is 399 g/mol. The number of allylic oxidation sites excluding steroid dienone is 2. The van der Waals surface area contributed by atoms with Crippen LogP contribution in [-0.4, -0.2) is 45.4 Å². The highest BCUT2D eigenvalue weighted by atomic mass is 31.2. The molecule has 1 saturated carbocycles. The molecule has 0 heterocycles. The third kappa shape index (κ3) is 8.31. The van der Waals surface area contributed by atoms with Crippen molar-refractivity contribution in [2.75, 3.05) is 12.3 Å². The van der Waals surface area contributed by atoms with Crippen molar-refractivity contribution in [3.05, 3.63) is 54.1 Å². The van der Waals surface area contributed by atoms with Gasteiger partial charge in [-0.2, -0.15) is 0 Å². The van der Waals surface area contributed by atoms with Gasteiger partial charge in [-0.3, -0.25) is 9.36 Å². The standard InChI is InChI=1S/C24H35O5P/c1-2-30(28,29)17-9-4-3-8-12-21-22(24(27)18-23(21)26)16-15-20(25)14-13-19-10-6-5-7-11-19/h3,5-8,10-11,13-14,20-22,24-25,27H,2,4,9,12,15-18H2,1H3,(H,28,29)/b8-3-,14-13-/t20-,21+,22+,24+/m0/s1. The Bertz CT molecular complexity index is 758. The molecule has 0 radical (unpaired) electrons. The first-order valence-corrected chi connectivity index (χ1v) is 12.9. The van der Waals surface area contributed by atoms with E-state index in [1.54, 1.807) is 13.0 Å². The maximum Gasteiger partial charge on any atom is 0.200 e. The van der Waals surface area contributed by atoms with Crippen LogP contribution in [0.25, 0.3) is 6.08 Å². The van der Waals surface area contributed by atoms with Crippen molar-refractivity contribution in [1.29, 1.82) is 0 Å². The summed E-state index contributed by atoms with van der Waals surface area (Å²) in [4.78, 5) is 21.9. The van der Waals surface area contributed by atoms with Gasteiger partial charge in [-0.25, -0.2) is 0 Å². The Hall–Kier alpha value is -1.52. The van der Waals surface area contributed by atoms with Crippen LogP contribution in [0.5, 0.6) is 0 Å². The van der Waals surface area contributed by atoms with Crippen LogP contribution in [0.4, 0.5) is 0 Å². The van der Waals surface area contributed by atoms with Crippen LogP contribution in [0.15, 0.2) is 48.6 Å². The van der Waals surface area contributed by atoms with Crippen LogP contribution in [0.2, 0.25) is 0 Å². The van der Waals surface area contributed by atoms with Crippen LogP contribution in [0, 0.1) is 11.8 Å². The lowest BCUT2D eigenvalue weighted by Crippen LogP contribution is -2.22. The Balaban J connectivity index is 1.79. The van der Waals surface area contributed by atoms with E-state index in [1.165, 1.54) is 0 Å². The number of Topliss-reactive ketones (excluding diaryl/α,β-unsaturated/α-hetero) is 1. The largest absolute Gasteiger partial charge is 0.392 e. The molecule has 5 atom stereocenters. The summed E-state index contributed by atoms with van der Waals surface area (Å²) < 4.78 is 11.6. The monoisotopic (exact) mass is 434 g/mol. The number of hydrogen-bond donors (Lipinski definition) is 3. The van der Waals surface area contributed by atoms with E-state index in [0.29, 0.717) is 44.4 Å². The van der Waals surface area contributed by atoms with Crippen LogP contribution < -0.4 is 0 Å². The summed E-state index contributed by atoms with van der Waals surface area (Å²) in [5.41, 5.74) is 1.02. The van der Waals surface area contributed by atoms with Crippen LogP contribution >= 0.6 is 7.37 Å². The van der Waals surface area contributed by atoms with Crippen molar-refractivity contribution in [2.24, 2.45) is 11.8 Å². The molecule has 0 aromatic heterocycles. The second-order valence-corrected chi connectivity index (χ2v) is 10.9. The Kier molecular flexibility index (Phi) is 10.2. The lowest BCUT2D eigenvalue weighted by molar-refractivity contribution is -0.121. The number of aliphatic hydroxyl groups is 2. The molecule has 1 fully saturated rings.